The van der Waals surface area contributed by atoms with Crippen LogP contribution in [0.5, 0.6) is 0 Å². The highest BCUT2D eigenvalue weighted by molar-refractivity contribution is 5.60. The second-order valence-electron chi connectivity index (χ2n) is 5.25. The molecule has 0 aliphatic heterocycles. The monoisotopic (exact) mass is 256 g/mol. The van der Waals surface area contributed by atoms with E-state index < -0.39 is 10.5 Å². The van der Waals surface area contributed by atoms with Gasteiger partial charge in [-0.3, -0.25) is 10.1 Å². The lowest BCUT2D eigenvalue weighted by molar-refractivity contribution is -0.384. The van der Waals surface area contributed by atoms with E-state index >= 15 is 0 Å². The first-order valence-corrected chi connectivity index (χ1v) is 5.82. The third-order valence-electron chi connectivity index (χ3n) is 2.58. The van der Waals surface area contributed by atoms with Gasteiger partial charge in [-0.15, -0.1) is 0 Å². The maximum atomic E-state index is 11.1. The van der Waals surface area contributed by atoms with E-state index in [0.29, 0.717) is 11.5 Å². The Morgan fingerprint density at radius 1 is 1.56 bits per heavy atom. The second-order valence-corrected chi connectivity index (χ2v) is 5.25. The van der Waals surface area contributed by atoms with Crippen LogP contribution in [0, 0.1) is 17.0 Å². The summed E-state index contributed by atoms with van der Waals surface area (Å²) < 4.78 is 1.57. The number of aliphatic hydroxyl groups is 1. The van der Waals surface area contributed by atoms with E-state index in [9.17, 15) is 15.2 Å². The van der Waals surface area contributed by atoms with Crippen LogP contribution in [0.4, 0.5) is 11.5 Å². The van der Waals surface area contributed by atoms with Gasteiger partial charge in [0, 0.05) is 6.04 Å². The molecule has 0 saturated carbocycles. The van der Waals surface area contributed by atoms with Crippen LogP contribution >= 0.6 is 0 Å². The first-order valence-electron chi connectivity index (χ1n) is 5.82. The van der Waals surface area contributed by atoms with Gasteiger partial charge in [0.2, 0.25) is 5.82 Å². The molecule has 0 aromatic carbocycles. The van der Waals surface area contributed by atoms with Gasteiger partial charge >= 0.3 is 5.69 Å². The molecule has 102 valence electrons. The molecule has 0 aliphatic rings. The molecule has 7 heteroatoms. The normalized spacial score (nSPS) is 11.9. The number of nitro groups is 1. The van der Waals surface area contributed by atoms with Crippen LogP contribution in [-0.4, -0.2) is 32.0 Å². The van der Waals surface area contributed by atoms with Crippen molar-refractivity contribution in [3.63, 3.8) is 0 Å². The van der Waals surface area contributed by atoms with E-state index in [1.54, 1.807) is 25.5 Å². The topological polar surface area (TPSA) is 93.2 Å². The summed E-state index contributed by atoms with van der Waals surface area (Å²) >= 11 is 0. The minimum absolute atomic E-state index is 0.00519. The first-order chi connectivity index (χ1) is 8.19. The minimum atomic E-state index is -0.649. The summed E-state index contributed by atoms with van der Waals surface area (Å²) in [4.78, 5) is 10.7. The highest BCUT2D eigenvalue weighted by Gasteiger charge is 2.30. The Bertz CT molecular complexity index is 451. The zero-order chi connectivity index (χ0) is 14.1. The predicted octanol–water partition coefficient (Wildman–Crippen LogP) is 1.86. The molecule has 0 radical (unpaired) electrons. The van der Waals surface area contributed by atoms with Crippen molar-refractivity contribution in [1.29, 1.82) is 0 Å². The van der Waals surface area contributed by atoms with Gasteiger partial charge < -0.3 is 10.4 Å². The third kappa shape index (κ3) is 2.79. The molecule has 0 bridgehead atoms. The molecule has 1 heterocycles. The van der Waals surface area contributed by atoms with Crippen molar-refractivity contribution in [1.82, 2.24) is 9.78 Å². The quantitative estimate of drug-likeness (QED) is 0.619. The molecule has 0 amide bonds. The Kier molecular flexibility index (Phi) is 3.95. The molecule has 1 aromatic rings. The van der Waals surface area contributed by atoms with E-state index in [1.807, 2.05) is 13.8 Å². The third-order valence-corrected chi connectivity index (χ3v) is 2.58. The molecule has 0 saturated heterocycles. The van der Waals surface area contributed by atoms with Crippen molar-refractivity contribution in [3.8, 4) is 0 Å². The van der Waals surface area contributed by atoms with Crippen molar-refractivity contribution < 1.29 is 10.0 Å². The molecule has 0 spiro atoms. The predicted molar refractivity (Wildman–Crippen MR) is 68.8 cm³/mol. The lowest BCUT2D eigenvalue weighted by Crippen LogP contribution is -2.36. The Labute approximate surface area is 106 Å². The SMILES string of the molecule is Cc1nn(C(C)C)c(NC(C)(C)CO)c1[N+](=O)[O-]. The van der Waals surface area contributed by atoms with E-state index in [0.717, 1.165) is 0 Å². The molecule has 0 aliphatic carbocycles. The highest BCUT2D eigenvalue weighted by Crippen LogP contribution is 2.32. The van der Waals surface area contributed by atoms with Crippen LogP contribution in [0.25, 0.3) is 0 Å². The van der Waals surface area contributed by atoms with Gasteiger partial charge in [0.15, 0.2) is 0 Å². The van der Waals surface area contributed by atoms with E-state index in [-0.39, 0.29) is 18.3 Å². The molecular formula is C11H20N4O3. The molecule has 18 heavy (non-hydrogen) atoms. The van der Waals surface area contributed by atoms with Gasteiger partial charge in [-0.05, 0) is 34.6 Å². The lowest BCUT2D eigenvalue weighted by atomic mass is 10.1. The Balaban J connectivity index is 3.33. The van der Waals surface area contributed by atoms with E-state index in [1.165, 1.54) is 0 Å². The molecule has 0 fully saturated rings. The Morgan fingerprint density at radius 2 is 2.11 bits per heavy atom. The van der Waals surface area contributed by atoms with Crippen LogP contribution in [-0.2, 0) is 0 Å². The number of hydrogen-bond donors (Lipinski definition) is 2. The van der Waals surface area contributed by atoms with Crippen molar-refractivity contribution in [2.24, 2.45) is 0 Å². The fourth-order valence-corrected chi connectivity index (χ4v) is 1.61. The second kappa shape index (κ2) is 4.93. The molecule has 2 N–H and O–H groups in total. The average molecular weight is 256 g/mol. The fraction of sp³-hybridized carbons (Fsp3) is 0.727. The van der Waals surface area contributed by atoms with Gasteiger partial charge in [0.25, 0.3) is 0 Å². The largest absolute Gasteiger partial charge is 0.394 e. The molecule has 1 aromatic heterocycles. The number of nitrogens with zero attached hydrogens (tertiary/aromatic N) is 3. The number of aromatic nitrogens is 2. The fourth-order valence-electron chi connectivity index (χ4n) is 1.61. The Hall–Kier alpha value is -1.63. The number of rotatable bonds is 5. The number of hydrogen-bond acceptors (Lipinski definition) is 5. The number of aliphatic hydroxyl groups excluding tert-OH is 1. The van der Waals surface area contributed by atoms with Crippen LogP contribution in [0.1, 0.15) is 39.4 Å². The molecule has 7 nitrogen and oxygen atoms in total. The van der Waals surface area contributed by atoms with Gasteiger partial charge in [0.1, 0.15) is 5.69 Å². The minimum Gasteiger partial charge on any atom is -0.394 e. The van der Waals surface area contributed by atoms with Crippen molar-refractivity contribution >= 4 is 11.5 Å². The zero-order valence-electron chi connectivity index (χ0n) is 11.4. The highest BCUT2D eigenvalue weighted by atomic mass is 16.6. The van der Waals surface area contributed by atoms with Gasteiger partial charge in [-0.2, -0.15) is 5.10 Å². The summed E-state index contributed by atoms with van der Waals surface area (Å²) in [6.07, 6.45) is 0. The van der Waals surface area contributed by atoms with Crippen molar-refractivity contribution in [2.45, 2.75) is 46.2 Å². The summed E-state index contributed by atoms with van der Waals surface area (Å²) in [5.74, 6) is 0.339. The van der Waals surface area contributed by atoms with Crippen molar-refractivity contribution in [2.75, 3.05) is 11.9 Å². The van der Waals surface area contributed by atoms with Gasteiger partial charge in [0.05, 0.1) is 17.1 Å². The van der Waals surface area contributed by atoms with Crippen LogP contribution in [0.3, 0.4) is 0 Å². The molecule has 0 atom stereocenters. The van der Waals surface area contributed by atoms with E-state index in [4.69, 9.17) is 0 Å². The standard InChI is InChI=1S/C11H20N4O3/c1-7(2)14-10(12-11(4,5)6-16)9(15(17)18)8(3)13-14/h7,12,16H,6H2,1-5H3. The smallest absolute Gasteiger partial charge is 0.333 e. The lowest BCUT2D eigenvalue weighted by Gasteiger charge is -2.25. The van der Waals surface area contributed by atoms with Gasteiger partial charge in [-0.1, -0.05) is 0 Å². The van der Waals surface area contributed by atoms with Gasteiger partial charge in [-0.25, -0.2) is 4.68 Å². The maximum absolute atomic E-state index is 11.1. The first kappa shape index (κ1) is 14.4. The van der Waals surface area contributed by atoms with Crippen LogP contribution < -0.4 is 5.32 Å². The summed E-state index contributed by atoms with van der Waals surface area (Å²) in [6, 6.07) is -0.00519. The molecule has 0 unspecified atom stereocenters. The number of anilines is 1. The average Bonchev–Trinajstić information content (AvgIpc) is 2.54. The van der Waals surface area contributed by atoms with E-state index in [2.05, 4.69) is 10.4 Å². The van der Waals surface area contributed by atoms with Crippen LogP contribution in [0.2, 0.25) is 0 Å². The molecule has 1 rings (SSSR count). The molecular weight excluding hydrogens is 236 g/mol. The summed E-state index contributed by atoms with van der Waals surface area (Å²) in [6.45, 7) is 8.80. The summed E-state index contributed by atoms with van der Waals surface area (Å²) in [5.41, 5.74) is -0.320. The summed E-state index contributed by atoms with van der Waals surface area (Å²) in [7, 11) is 0. The van der Waals surface area contributed by atoms with Crippen molar-refractivity contribution in [3.05, 3.63) is 15.8 Å². The number of aryl methyl sites for hydroxylation is 1. The zero-order valence-corrected chi connectivity index (χ0v) is 11.4. The summed E-state index contributed by atoms with van der Waals surface area (Å²) in [5, 5.41) is 27.5. The number of nitrogens with one attached hydrogen (secondary N) is 1. The van der Waals surface area contributed by atoms with Crippen LogP contribution in [0.15, 0.2) is 0 Å². The maximum Gasteiger partial charge on any atom is 0.333 e. The Morgan fingerprint density at radius 3 is 2.50 bits per heavy atom.